The number of hydrogen-bond acceptors (Lipinski definition) is 4. The van der Waals surface area contributed by atoms with Gasteiger partial charge in [-0.1, -0.05) is 20.8 Å². The van der Waals surface area contributed by atoms with E-state index in [1.54, 1.807) is 18.4 Å². The summed E-state index contributed by atoms with van der Waals surface area (Å²) >= 11 is 1.68. The van der Waals surface area contributed by atoms with E-state index in [-0.39, 0.29) is 29.4 Å². The van der Waals surface area contributed by atoms with Gasteiger partial charge in [-0.2, -0.15) is 0 Å². The van der Waals surface area contributed by atoms with Crippen LogP contribution in [0.5, 0.6) is 0 Å². The molecule has 1 heterocycles. The standard InChI is InChI=1S/C14H26N4OS.HI/c1-6-19-8-7-16-13(15-5)17-9-12-18-11(10-20-12)14(2,3)4;/h10H,6-9H2,1-5H3,(H2,15,16,17);1H. The number of nitrogens with zero attached hydrogens (tertiary/aromatic N) is 2. The molecule has 0 radical (unpaired) electrons. The summed E-state index contributed by atoms with van der Waals surface area (Å²) in [5.41, 5.74) is 1.24. The first-order chi connectivity index (χ1) is 9.47. The number of halogens is 1. The molecule has 0 aliphatic carbocycles. The lowest BCUT2D eigenvalue weighted by Crippen LogP contribution is -2.38. The quantitative estimate of drug-likeness (QED) is 0.318. The van der Waals surface area contributed by atoms with Crippen LogP contribution in [0, 0.1) is 0 Å². The Balaban J connectivity index is 0.00000400. The minimum atomic E-state index is 0. The van der Waals surface area contributed by atoms with Crippen LogP contribution in [-0.4, -0.2) is 37.7 Å². The Morgan fingerprint density at radius 2 is 2.10 bits per heavy atom. The SMILES string of the molecule is CCOCCNC(=NC)NCc1nc(C(C)(C)C)cs1.I. The van der Waals surface area contributed by atoms with Gasteiger partial charge in [0.05, 0.1) is 18.8 Å². The molecule has 0 amide bonds. The summed E-state index contributed by atoms with van der Waals surface area (Å²) in [6.45, 7) is 11.4. The molecule has 1 aromatic rings. The average Bonchev–Trinajstić information content (AvgIpc) is 2.87. The number of aliphatic imine (C=N–C) groups is 1. The zero-order valence-corrected chi connectivity index (χ0v) is 16.7. The molecule has 1 rings (SSSR count). The summed E-state index contributed by atoms with van der Waals surface area (Å²) in [5.74, 6) is 0.775. The van der Waals surface area contributed by atoms with E-state index < -0.39 is 0 Å². The molecule has 0 aliphatic heterocycles. The summed E-state index contributed by atoms with van der Waals surface area (Å²) in [4.78, 5) is 8.82. The number of thiazole rings is 1. The van der Waals surface area contributed by atoms with E-state index >= 15 is 0 Å². The van der Waals surface area contributed by atoms with Crippen molar-refractivity contribution in [1.82, 2.24) is 15.6 Å². The maximum Gasteiger partial charge on any atom is 0.191 e. The van der Waals surface area contributed by atoms with Gasteiger partial charge >= 0.3 is 0 Å². The molecule has 1 aromatic heterocycles. The van der Waals surface area contributed by atoms with Crippen molar-refractivity contribution in [2.45, 2.75) is 39.7 Å². The molecule has 7 heteroatoms. The molecule has 0 unspecified atom stereocenters. The lowest BCUT2D eigenvalue weighted by atomic mass is 9.93. The molecule has 122 valence electrons. The summed E-state index contributed by atoms with van der Waals surface area (Å²) in [6, 6.07) is 0. The zero-order valence-electron chi connectivity index (χ0n) is 13.5. The Morgan fingerprint density at radius 3 is 2.62 bits per heavy atom. The van der Waals surface area contributed by atoms with Crippen LogP contribution in [0.1, 0.15) is 38.4 Å². The molecule has 0 spiro atoms. The van der Waals surface area contributed by atoms with Gasteiger partial charge in [-0.25, -0.2) is 4.98 Å². The van der Waals surface area contributed by atoms with E-state index in [9.17, 15) is 0 Å². The Hall–Kier alpha value is -0.410. The minimum Gasteiger partial charge on any atom is -0.380 e. The Bertz CT molecular complexity index is 429. The zero-order chi connectivity index (χ0) is 15.0. The number of guanidine groups is 1. The fourth-order valence-electron chi connectivity index (χ4n) is 1.50. The van der Waals surface area contributed by atoms with E-state index in [1.807, 2.05) is 6.92 Å². The molecule has 0 saturated carbocycles. The first-order valence-electron chi connectivity index (χ1n) is 6.94. The van der Waals surface area contributed by atoms with Crippen LogP contribution < -0.4 is 10.6 Å². The van der Waals surface area contributed by atoms with Crippen LogP contribution in [0.3, 0.4) is 0 Å². The summed E-state index contributed by atoms with van der Waals surface area (Å²) in [5, 5.41) is 9.66. The molecule has 0 saturated heterocycles. The average molecular weight is 426 g/mol. The van der Waals surface area contributed by atoms with E-state index in [2.05, 4.69) is 46.8 Å². The van der Waals surface area contributed by atoms with Crippen molar-refractivity contribution in [3.05, 3.63) is 16.1 Å². The van der Waals surface area contributed by atoms with Gasteiger partial charge in [-0.3, -0.25) is 4.99 Å². The molecular formula is C14H27IN4OS. The number of aromatic nitrogens is 1. The van der Waals surface area contributed by atoms with E-state index in [0.717, 1.165) is 29.8 Å². The first-order valence-corrected chi connectivity index (χ1v) is 7.82. The normalized spacial score (nSPS) is 12.0. The Kier molecular flexibility index (Phi) is 10.1. The van der Waals surface area contributed by atoms with Crippen LogP contribution in [0.4, 0.5) is 0 Å². The lowest BCUT2D eigenvalue weighted by molar-refractivity contribution is 0.152. The highest BCUT2D eigenvalue weighted by atomic mass is 127. The second-order valence-electron chi connectivity index (χ2n) is 5.43. The van der Waals surface area contributed by atoms with Crippen molar-refractivity contribution in [2.24, 2.45) is 4.99 Å². The summed E-state index contributed by atoms with van der Waals surface area (Å²) in [6.07, 6.45) is 0. The third kappa shape index (κ3) is 7.96. The Labute approximate surface area is 149 Å². The predicted molar refractivity (Wildman–Crippen MR) is 101 cm³/mol. The molecule has 5 nitrogen and oxygen atoms in total. The molecule has 0 aliphatic rings. The lowest BCUT2D eigenvalue weighted by Gasteiger charge is -2.14. The van der Waals surface area contributed by atoms with Crippen molar-refractivity contribution in [2.75, 3.05) is 26.8 Å². The maximum atomic E-state index is 5.28. The van der Waals surface area contributed by atoms with Crippen molar-refractivity contribution >= 4 is 41.3 Å². The van der Waals surface area contributed by atoms with Gasteiger partial charge in [0.25, 0.3) is 0 Å². The third-order valence-corrected chi connectivity index (χ3v) is 3.54. The Morgan fingerprint density at radius 1 is 1.38 bits per heavy atom. The number of rotatable bonds is 6. The maximum absolute atomic E-state index is 5.28. The largest absolute Gasteiger partial charge is 0.380 e. The molecule has 21 heavy (non-hydrogen) atoms. The van der Waals surface area contributed by atoms with Crippen molar-refractivity contribution in [3.63, 3.8) is 0 Å². The third-order valence-electron chi connectivity index (χ3n) is 2.69. The van der Waals surface area contributed by atoms with Gasteiger partial charge in [0.15, 0.2) is 5.96 Å². The predicted octanol–water partition coefficient (Wildman–Crippen LogP) is 2.76. The molecule has 0 fully saturated rings. The topological polar surface area (TPSA) is 58.5 Å². The minimum absolute atomic E-state index is 0. The van der Waals surface area contributed by atoms with Gasteiger partial charge in [-0.15, -0.1) is 35.3 Å². The number of nitrogens with one attached hydrogen (secondary N) is 2. The highest BCUT2D eigenvalue weighted by molar-refractivity contribution is 14.0. The number of hydrogen-bond donors (Lipinski definition) is 2. The van der Waals surface area contributed by atoms with Gasteiger partial charge in [0, 0.05) is 31.0 Å². The van der Waals surface area contributed by atoms with Crippen LogP contribution in [0.2, 0.25) is 0 Å². The fourth-order valence-corrected chi connectivity index (χ4v) is 2.46. The van der Waals surface area contributed by atoms with Gasteiger partial charge < -0.3 is 15.4 Å². The molecule has 2 N–H and O–H groups in total. The first kappa shape index (κ1) is 20.6. The second-order valence-corrected chi connectivity index (χ2v) is 6.37. The number of ether oxygens (including phenoxy) is 1. The van der Waals surface area contributed by atoms with Gasteiger partial charge in [0.2, 0.25) is 0 Å². The molecule has 0 bridgehead atoms. The van der Waals surface area contributed by atoms with Crippen molar-refractivity contribution < 1.29 is 4.74 Å². The summed E-state index contributed by atoms with van der Waals surface area (Å²) < 4.78 is 5.28. The van der Waals surface area contributed by atoms with Crippen LogP contribution in [0.15, 0.2) is 10.4 Å². The molecular weight excluding hydrogens is 399 g/mol. The smallest absolute Gasteiger partial charge is 0.191 e. The van der Waals surface area contributed by atoms with E-state index in [1.165, 1.54) is 0 Å². The van der Waals surface area contributed by atoms with Crippen molar-refractivity contribution in [3.8, 4) is 0 Å². The van der Waals surface area contributed by atoms with Gasteiger partial charge in [0.1, 0.15) is 5.01 Å². The highest BCUT2D eigenvalue weighted by Gasteiger charge is 2.17. The molecule has 0 aromatic carbocycles. The van der Waals surface area contributed by atoms with Crippen LogP contribution in [0.25, 0.3) is 0 Å². The van der Waals surface area contributed by atoms with Crippen LogP contribution in [-0.2, 0) is 16.7 Å². The second kappa shape index (κ2) is 10.3. The van der Waals surface area contributed by atoms with Crippen molar-refractivity contribution in [1.29, 1.82) is 0 Å². The van der Waals surface area contributed by atoms with E-state index in [4.69, 9.17) is 4.74 Å². The monoisotopic (exact) mass is 426 g/mol. The van der Waals surface area contributed by atoms with E-state index in [0.29, 0.717) is 13.2 Å². The highest BCUT2D eigenvalue weighted by Crippen LogP contribution is 2.23. The van der Waals surface area contributed by atoms with Crippen LogP contribution >= 0.6 is 35.3 Å². The van der Waals surface area contributed by atoms with Gasteiger partial charge in [-0.05, 0) is 6.92 Å². The fraction of sp³-hybridized carbons (Fsp3) is 0.714. The summed E-state index contributed by atoms with van der Waals surface area (Å²) in [7, 11) is 1.76. The molecule has 0 atom stereocenters.